The summed E-state index contributed by atoms with van der Waals surface area (Å²) in [6.45, 7) is 3.27. The van der Waals surface area contributed by atoms with Gasteiger partial charge in [-0.3, -0.25) is 0 Å². The fraction of sp³-hybridized carbons (Fsp3) is 0.400. The first-order chi connectivity index (χ1) is 7.72. The summed E-state index contributed by atoms with van der Waals surface area (Å²) in [5.41, 5.74) is 5.64. The molecule has 3 rings (SSSR count). The van der Waals surface area contributed by atoms with E-state index in [9.17, 15) is 0 Å². The zero-order valence-corrected chi connectivity index (χ0v) is 9.58. The number of fused-ring (bicyclic) bond motifs is 1. The van der Waals surface area contributed by atoms with E-state index in [2.05, 4.69) is 9.97 Å². The third-order valence-electron chi connectivity index (χ3n) is 2.38. The van der Waals surface area contributed by atoms with Crippen molar-refractivity contribution >= 4 is 27.5 Å². The van der Waals surface area contributed by atoms with Crippen molar-refractivity contribution in [3.8, 4) is 5.88 Å². The van der Waals surface area contributed by atoms with Gasteiger partial charge in [0, 0.05) is 4.88 Å². The molecule has 2 aromatic rings. The molecule has 1 aliphatic rings. The van der Waals surface area contributed by atoms with Gasteiger partial charge in [0.2, 0.25) is 11.8 Å². The molecule has 5 nitrogen and oxygen atoms in total. The van der Waals surface area contributed by atoms with Crippen molar-refractivity contribution in [2.45, 2.75) is 13.0 Å². The lowest BCUT2D eigenvalue weighted by Gasteiger charge is -2.26. The highest BCUT2D eigenvalue weighted by molar-refractivity contribution is 7.18. The van der Waals surface area contributed by atoms with Crippen molar-refractivity contribution in [2.75, 3.05) is 18.9 Å². The molecule has 2 N–H and O–H groups in total. The first-order valence-corrected chi connectivity index (χ1v) is 5.82. The number of rotatable bonds is 2. The van der Waals surface area contributed by atoms with Gasteiger partial charge in [0.15, 0.2) is 0 Å². The lowest BCUT2D eigenvalue weighted by molar-refractivity contribution is -0.0806. The average molecular weight is 237 g/mol. The number of nitrogens with two attached hydrogens (primary N) is 1. The van der Waals surface area contributed by atoms with Crippen molar-refractivity contribution in [2.24, 2.45) is 0 Å². The molecule has 0 amide bonds. The molecule has 0 aliphatic carbocycles. The molecule has 84 valence electrons. The zero-order valence-electron chi connectivity index (χ0n) is 8.77. The third-order valence-corrected chi connectivity index (χ3v) is 3.33. The van der Waals surface area contributed by atoms with Crippen molar-refractivity contribution in [3.63, 3.8) is 0 Å². The fourth-order valence-electron chi connectivity index (χ4n) is 1.56. The Labute approximate surface area is 96.2 Å². The molecule has 0 bridgehead atoms. The van der Waals surface area contributed by atoms with E-state index in [0.29, 0.717) is 19.1 Å². The maximum Gasteiger partial charge on any atom is 0.227 e. The van der Waals surface area contributed by atoms with Crippen molar-refractivity contribution in [3.05, 3.63) is 10.9 Å². The van der Waals surface area contributed by atoms with Gasteiger partial charge < -0.3 is 15.2 Å². The molecule has 0 atom stereocenters. The molecule has 16 heavy (non-hydrogen) atoms. The maximum absolute atomic E-state index is 5.71. The number of nitrogens with zero attached hydrogens (tertiary/aromatic N) is 2. The van der Waals surface area contributed by atoms with Gasteiger partial charge in [-0.25, -0.2) is 4.98 Å². The Kier molecular flexibility index (Phi) is 2.19. The first-order valence-electron chi connectivity index (χ1n) is 5.00. The molecule has 0 aromatic carbocycles. The highest BCUT2D eigenvalue weighted by atomic mass is 32.1. The van der Waals surface area contributed by atoms with E-state index in [1.54, 1.807) is 11.3 Å². The van der Waals surface area contributed by atoms with Crippen LogP contribution in [0.25, 0.3) is 10.2 Å². The molecular weight excluding hydrogens is 226 g/mol. The summed E-state index contributed by atoms with van der Waals surface area (Å²) >= 11 is 1.59. The van der Waals surface area contributed by atoms with Crippen LogP contribution in [0.3, 0.4) is 0 Å². The van der Waals surface area contributed by atoms with E-state index >= 15 is 0 Å². The Morgan fingerprint density at radius 2 is 2.31 bits per heavy atom. The Morgan fingerprint density at radius 3 is 3.00 bits per heavy atom. The minimum absolute atomic E-state index is 0.0951. The van der Waals surface area contributed by atoms with Gasteiger partial charge in [-0.15, -0.1) is 11.3 Å². The predicted octanol–water partition coefficient (Wildman–Crippen LogP) is 1.36. The minimum atomic E-state index is 0.0951. The number of hydrogen-bond acceptors (Lipinski definition) is 6. The third kappa shape index (κ3) is 1.60. The molecule has 3 heterocycles. The van der Waals surface area contributed by atoms with Gasteiger partial charge in [0.25, 0.3) is 0 Å². The van der Waals surface area contributed by atoms with E-state index in [4.69, 9.17) is 15.2 Å². The van der Waals surface area contributed by atoms with Crippen LogP contribution < -0.4 is 10.5 Å². The highest BCUT2D eigenvalue weighted by Gasteiger charge is 2.22. The first kappa shape index (κ1) is 9.80. The Hall–Kier alpha value is -1.40. The van der Waals surface area contributed by atoms with Crippen molar-refractivity contribution in [1.82, 2.24) is 9.97 Å². The van der Waals surface area contributed by atoms with Gasteiger partial charge in [0.1, 0.15) is 10.9 Å². The second-order valence-corrected chi connectivity index (χ2v) is 4.97. The lowest BCUT2D eigenvalue weighted by Crippen LogP contribution is -2.38. The zero-order chi connectivity index (χ0) is 11.1. The standard InChI is InChI=1S/C10H11N3O2S/c1-5-2-7-8(15-6-3-14-4-6)12-10(11)13-9(7)16-5/h2,6H,3-4H2,1H3,(H2,11,12,13). The van der Waals surface area contributed by atoms with Crippen LogP contribution in [0.5, 0.6) is 5.88 Å². The Bertz CT molecular complexity index is 536. The molecule has 6 heteroatoms. The average Bonchev–Trinajstić information content (AvgIpc) is 2.51. The quantitative estimate of drug-likeness (QED) is 0.854. The largest absolute Gasteiger partial charge is 0.469 e. The van der Waals surface area contributed by atoms with Gasteiger partial charge >= 0.3 is 0 Å². The lowest BCUT2D eigenvalue weighted by atomic mass is 10.3. The summed E-state index contributed by atoms with van der Waals surface area (Å²) in [6.07, 6.45) is 0.0951. The summed E-state index contributed by atoms with van der Waals surface area (Å²) < 4.78 is 10.8. The van der Waals surface area contributed by atoms with Crippen LogP contribution in [0.15, 0.2) is 6.07 Å². The van der Waals surface area contributed by atoms with Crippen LogP contribution in [-0.4, -0.2) is 29.3 Å². The maximum atomic E-state index is 5.71. The summed E-state index contributed by atoms with van der Waals surface area (Å²) in [5, 5.41) is 0.934. The minimum Gasteiger partial charge on any atom is -0.469 e. The normalized spacial score (nSPS) is 16.3. The van der Waals surface area contributed by atoms with Crippen LogP contribution in [-0.2, 0) is 4.74 Å². The summed E-state index contributed by atoms with van der Waals surface area (Å²) in [6, 6.07) is 2.02. The monoisotopic (exact) mass is 237 g/mol. The number of hydrogen-bond donors (Lipinski definition) is 1. The van der Waals surface area contributed by atoms with Crippen LogP contribution in [0, 0.1) is 6.92 Å². The predicted molar refractivity (Wildman–Crippen MR) is 61.8 cm³/mol. The molecule has 0 unspecified atom stereocenters. The second-order valence-electron chi connectivity index (χ2n) is 3.74. The number of ether oxygens (including phenoxy) is 2. The van der Waals surface area contributed by atoms with Crippen molar-refractivity contribution in [1.29, 1.82) is 0 Å². The smallest absolute Gasteiger partial charge is 0.227 e. The number of nitrogen functional groups attached to an aromatic ring is 1. The van der Waals surface area contributed by atoms with Gasteiger partial charge in [-0.1, -0.05) is 0 Å². The molecule has 1 aliphatic heterocycles. The van der Waals surface area contributed by atoms with Gasteiger partial charge in [0.05, 0.1) is 18.6 Å². The molecular formula is C10H11N3O2S. The van der Waals surface area contributed by atoms with Crippen molar-refractivity contribution < 1.29 is 9.47 Å². The van der Waals surface area contributed by atoms with Gasteiger partial charge in [-0.05, 0) is 13.0 Å². The molecule has 0 spiro atoms. The molecule has 0 saturated carbocycles. The molecule has 1 fully saturated rings. The van der Waals surface area contributed by atoms with E-state index in [0.717, 1.165) is 10.2 Å². The van der Waals surface area contributed by atoms with E-state index in [1.165, 1.54) is 4.88 Å². The second kappa shape index (κ2) is 3.57. The number of aryl methyl sites for hydroxylation is 1. The topological polar surface area (TPSA) is 70.3 Å². The number of anilines is 1. The van der Waals surface area contributed by atoms with Crippen LogP contribution >= 0.6 is 11.3 Å². The molecule has 2 aromatic heterocycles. The van der Waals surface area contributed by atoms with E-state index in [-0.39, 0.29) is 12.1 Å². The Balaban J connectivity index is 2.05. The van der Waals surface area contributed by atoms with E-state index < -0.39 is 0 Å². The highest BCUT2D eigenvalue weighted by Crippen LogP contribution is 2.31. The summed E-state index contributed by atoms with van der Waals surface area (Å²) in [7, 11) is 0. The Morgan fingerprint density at radius 1 is 1.50 bits per heavy atom. The SMILES string of the molecule is Cc1cc2c(OC3COC3)nc(N)nc2s1. The fourth-order valence-corrected chi connectivity index (χ4v) is 2.44. The van der Waals surface area contributed by atoms with E-state index in [1.807, 2.05) is 13.0 Å². The number of thiophene rings is 1. The summed E-state index contributed by atoms with van der Waals surface area (Å²) in [4.78, 5) is 10.4. The molecule has 1 saturated heterocycles. The molecule has 0 radical (unpaired) electrons. The van der Waals surface area contributed by atoms with Gasteiger partial charge in [-0.2, -0.15) is 4.98 Å². The van der Waals surface area contributed by atoms with Crippen LogP contribution in [0.4, 0.5) is 5.95 Å². The number of aromatic nitrogens is 2. The van der Waals surface area contributed by atoms with Crippen LogP contribution in [0.1, 0.15) is 4.88 Å². The summed E-state index contributed by atoms with van der Waals surface area (Å²) in [5.74, 6) is 0.824. The van der Waals surface area contributed by atoms with Crippen LogP contribution in [0.2, 0.25) is 0 Å².